The maximum absolute atomic E-state index is 12.8. The van der Waals surface area contributed by atoms with E-state index in [1.54, 1.807) is 11.3 Å². The van der Waals surface area contributed by atoms with Crippen LogP contribution < -0.4 is 10.7 Å². The van der Waals surface area contributed by atoms with Crippen molar-refractivity contribution in [1.82, 2.24) is 15.7 Å². The van der Waals surface area contributed by atoms with Gasteiger partial charge >= 0.3 is 0 Å². The largest absolute Gasteiger partial charge is 0.303 e. The molecule has 8 heteroatoms. The van der Waals surface area contributed by atoms with Crippen molar-refractivity contribution in [3.05, 3.63) is 65.1 Å². The average molecular weight is 441 g/mol. The lowest BCUT2D eigenvalue weighted by Crippen LogP contribution is -2.37. The van der Waals surface area contributed by atoms with Crippen LogP contribution in [-0.2, 0) is 4.79 Å². The van der Waals surface area contributed by atoms with Gasteiger partial charge in [0.1, 0.15) is 0 Å². The molecule has 1 atom stereocenters. The van der Waals surface area contributed by atoms with Crippen molar-refractivity contribution in [3.8, 4) is 0 Å². The second-order valence-electron chi connectivity index (χ2n) is 6.50. The number of amides is 1. The van der Waals surface area contributed by atoms with Gasteiger partial charge in [0.15, 0.2) is 9.51 Å². The molecule has 1 aromatic heterocycles. The standard InChI is InChI=1S/C21H20N4OS3/c1-3-17(28-21-22-15-6-4-5-7-18(15)29-21)19(26)23-20-25-24-16(12-27-20)14-10-8-13(2)9-11-14/h4-12,17,24H,3H2,1-2H3,(H,23,25,26)/t17-/m0/s1. The Hall–Kier alpha value is -2.29. The number of hydrazone groups is 1. The van der Waals surface area contributed by atoms with E-state index in [1.807, 2.05) is 30.5 Å². The number of nitrogens with one attached hydrogen (secondary N) is 2. The number of aryl methyl sites for hydroxylation is 1. The van der Waals surface area contributed by atoms with Crippen LogP contribution >= 0.6 is 34.9 Å². The second kappa shape index (κ2) is 9.02. The molecule has 0 fully saturated rings. The summed E-state index contributed by atoms with van der Waals surface area (Å²) >= 11 is 4.53. The zero-order valence-corrected chi connectivity index (χ0v) is 18.5. The predicted molar refractivity (Wildman–Crippen MR) is 125 cm³/mol. The molecule has 1 aliphatic rings. The highest BCUT2D eigenvalue weighted by molar-refractivity contribution is 8.16. The minimum absolute atomic E-state index is 0.0583. The number of hydrogen-bond donors (Lipinski definition) is 2. The Kier molecular flexibility index (Phi) is 6.22. The van der Waals surface area contributed by atoms with Gasteiger partial charge in [0, 0.05) is 11.0 Å². The minimum atomic E-state index is -0.221. The van der Waals surface area contributed by atoms with Crippen LogP contribution in [-0.4, -0.2) is 21.3 Å². The Morgan fingerprint density at radius 2 is 2.00 bits per heavy atom. The summed E-state index contributed by atoms with van der Waals surface area (Å²) in [7, 11) is 0. The van der Waals surface area contributed by atoms with Gasteiger partial charge in [-0.25, -0.2) is 4.98 Å². The number of thiazole rings is 1. The number of carbonyl (C=O) groups is 1. The molecule has 1 amide bonds. The molecule has 1 aliphatic heterocycles. The van der Waals surface area contributed by atoms with Crippen LogP contribution in [0.5, 0.6) is 0 Å². The van der Waals surface area contributed by atoms with Gasteiger partial charge in [-0.05, 0) is 25.5 Å². The molecule has 2 heterocycles. The number of benzene rings is 2. The first-order valence-electron chi connectivity index (χ1n) is 9.23. The molecule has 5 nitrogen and oxygen atoms in total. The van der Waals surface area contributed by atoms with Crippen molar-refractivity contribution in [2.24, 2.45) is 5.10 Å². The Balaban J connectivity index is 1.37. The van der Waals surface area contributed by atoms with Gasteiger partial charge in [0.25, 0.3) is 0 Å². The number of hydrogen-bond acceptors (Lipinski definition) is 7. The van der Waals surface area contributed by atoms with Crippen molar-refractivity contribution in [2.45, 2.75) is 29.9 Å². The molecule has 0 aliphatic carbocycles. The van der Waals surface area contributed by atoms with Crippen LogP contribution in [0.25, 0.3) is 15.9 Å². The molecule has 29 heavy (non-hydrogen) atoms. The van der Waals surface area contributed by atoms with Crippen LogP contribution in [0.15, 0.2) is 63.4 Å². The number of carbonyl (C=O) groups excluding carboxylic acids is 1. The third-order valence-corrected chi connectivity index (χ3v) is 7.60. The molecular formula is C21H20N4OS3. The monoisotopic (exact) mass is 440 g/mol. The molecule has 2 N–H and O–H groups in total. The first kappa shape index (κ1) is 20.0. The zero-order chi connectivity index (χ0) is 20.2. The van der Waals surface area contributed by atoms with E-state index < -0.39 is 0 Å². The van der Waals surface area contributed by atoms with Gasteiger partial charge in [-0.15, -0.1) is 16.4 Å². The Bertz CT molecular complexity index is 1060. The molecule has 0 unspecified atom stereocenters. The summed E-state index contributed by atoms with van der Waals surface area (Å²) in [5.41, 5.74) is 7.20. The molecule has 0 radical (unpaired) electrons. The van der Waals surface area contributed by atoms with Crippen molar-refractivity contribution in [1.29, 1.82) is 0 Å². The summed E-state index contributed by atoms with van der Waals surface area (Å²) < 4.78 is 2.04. The van der Waals surface area contributed by atoms with E-state index in [2.05, 4.69) is 58.1 Å². The summed E-state index contributed by atoms with van der Waals surface area (Å²) in [5.74, 6) is -0.0583. The first-order valence-corrected chi connectivity index (χ1v) is 11.8. The van der Waals surface area contributed by atoms with E-state index in [9.17, 15) is 4.79 Å². The summed E-state index contributed by atoms with van der Waals surface area (Å²) in [6.07, 6.45) is 0.711. The smallest absolute Gasteiger partial charge is 0.239 e. The van der Waals surface area contributed by atoms with Gasteiger partial charge < -0.3 is 5.32 Å². The lowest BCUT2D eigenvalue weighted by molar-refractivity contribution is -0.119. The minimum Gasteiger partial charge on any atom is -0.303 e. The van der Waals surface area contributed by atoms with Crippen LogP contribution in [0.1, 0.15) is 24.5 Å². The summed E-state index contributed by atoms with van der Waals surface area (Å²) in [6.45, 7) is 4.07. The van der Waals surface area contributed by atoms with Gasteiger partial charge in [0.05, 0.1) is 21.2 Å². The quantitative estimate of drug-likeness (QED) is 0.534. The fraction of sp³-hybridized carbons (Fsp3) is 0.190. The van der Waals surface area contributed by atoms with E-state index in [0.717, 1.165) is 25.8 Å². The van der Waals surface area contributed by atoms with Crippen molar-refractivity contribution in [2.75, 3.05) is 0 Å². The third-order valence-electron chi connectivity index (χ3n) is 4.34. The highest BCUT2D eigenvalue weighted by Gasteiger charge is 2.22. The number of fused-ring (bicyclic) bond motifs is 1. The molecule has 0 saturated heterocycles. The van der Waals surface area contributed by atoms with E-state index in [4.69, 9.17) is 0 Å². The fourth-order valence-electron chi connectivity index (χ4n) is 2.73. The molecule has 0 bridgehead atoms. The Labute approximate surface area is 182 Å². The lowest BCUT2D eigenvalue weighted by Gasteiger charge is -2.17. The SMILES string of the molecule is CC[C@H](Sc1nc2ccccc2s1)C(=O)NC1=NNC(c2ccc(C)cc2)=CS1. The number of aromatic nitrogens is 1. The average Bonchev–Trinajstić information content (AvgIpc) is 3.16. The number of amidine groups is 1. The van der Waals surface area contributed by atoms with Gasteiger partial charge in [-0.1, -0.05) is 72.4 Å². The number of thioether (sulfide) groups is 2. The number of rotatable bonds is 5. The van der Waals surface area contributed by atoms with Crippen molar-refractivity contribution in [3.63, 3.8) is 0 Å². The summed E-state index contributed by atoms with van der Waals surface area (Å²) in [5, 5.41) is 9.54. The maximum Gasteiger partial charge on any atom is 0.239 e. The molecule has 2 aromatic carbocycles. The number of para-hydroxylation sites is 1. The van der Waals surface area contributed by atoms with Gasteiger partial charge in [-0.3, -0.25) is 10.2 Å². The molecule has 0 spiro atoms. The van der Waals surface area contributed by atoms with Crippen molar-refractivity contribution >= 4 is 61.8 Å². The van der Waals surface area contributed by atoms with Crippen LogP contribution in [0.4, 0.5) is 0 Å². The Morgan fingerprint density at radius 1 is 1.21 bits per heavy atom. The molecule has 0 saturated carbocycles. The van der Waals surface area contributed by atoms with E-state index in [1.165, 1.54) is 29.1 Å². The number of nitrogens with zero attached hydrogens (tertiary/aromatic N) is 2. The predicted octanol–water partition coefficient (Wildman–Crippen LogP) is 5.20. The molecule has 3 aromatic rings. The second-order valence-corrected chi connectivity index (χ2v) is 9.83. The van der Waals surface area contributed by atoms with E-state index >= 15 is 0 Å². The van der Waals surface area contributed by atoms with E-state index in [-0.39, 0.29) is 11.2 Å². The summed E-state index contributed by atoms with van der Waals surface area (Å²) in [4.78, 5) is 17.4. The zero-order valence-electron chi connectivity index (χ0n) is 16.0. The lowest BCUT2D eigenvalue weighted by atomic mass is 10.1. The molecule has 4 rings (SSSR count). The normalized spacial score (nSPS) is 14.7. The third kappa shape index (κ3) is 4.83. The molecular weight excluding hydrogens is 420 g/mol. The maximum atomic E-state index is 12.8. The van der Waals surface area contributed by atoms with Crippen molar-refractivity contribution < 1.29 is 4.79 Å². The van der Waals surface area contributed by atoms with Gasteiger partial charge in [-0.2, -0.15) is 0 Å². The Morgan fingerprint density at radius 3 is 2.69 bits per heavy atom. The molecule has 148 valence electrons. The fourth-order valence-corrected chi connectivity index (χ4v) is 5.64. The summed E-state index contributed by atoms with van der Waals surface area (Å²) in [6, 6.07) is 16.3. The first-order chi connectivity index (χ1) is 14.1. The van der Waals surface area contributed by atoms with Crippen LogP contribution in [0, 0.1) is 6.92 Å². The van der Waals surface area contributed by atoms with Crippen LogP contribution in [0.2, 0.25) is 0 Å². The van der Waals surface area contributed by atoms with Crippen LogP contribution in [0.3, 0.4) is 0 Å². The van der Waals surface area contributed by atoms with E-state index in [0.29, 0.717) is 11.6 Å². The highest BCUT2D eigenvalue weighted by Crippen LogP contribution is 2.33. The highest BCUT2D eigenvalue weighted by atomic mass is 32.2. The van der Waals surface area contributed by atoms with Gasteiger partial charge in [0.2, 0.25) is 5.91 Å². The topological polar surface area (TPSA) is 66.4 Å².